The summed E-state index contributed by atoms with van der Waals surface area (Å²) >= 11 is 12.1. The van der Waals surface area contributed by atoms with Gasteiger partial charge >= 0.3 is 0 Å². The van der Waals surface area contributed by atoms with Crippen molar-refractivity contribution in [1.29, 1.82) is 0 Å². The van der Waals surface area contributed by atoms with Gasteiger partial charge in [0.15, 0.2) is 5.75 Å². The third-order valence-electron chi connectivity index (χ3n) is 2.94. The molecule has 0 saturated heterocycles. The normalized spacial score (nSPS) is 12.7. The van der Waals surface area contributed by atoms with Crippen LogP contribution in [0, 0.1) is 5.92 Å². The highest BCUT2D eigenvalue weighted by atomic mass is 35.5. The number of halogens is 2. The van der Waals surface area contributed by atoms with E-state index in [-0.39, 0.29) is 0 Å². The number of ether oxygens (including phenoxy) is 1. The lowest BCUT2D eigenvalue weighted by atomic mass is 10.0. The van der Waals surface area contributed by atoms with Crippen molar-refractivity contribution in [3.63, 3.8) is 0 Å². The van der Waals surface area contributed by atoms with Crippen LogP contribution in [0.1, 0.15) is 33.6 Å². The van der Waals surface area contributed by atoms with Crippen molar-refractivity contribution in [2.24, 2.45) is 5.92 Å². The summed E-state index contributed by atoms with van der Waals surface area (Å²) in [6.45, 7) is 8.05. The van der Waals surface area contributed by atoms with E-state index in [9.17, 15) is 0 Å². The summed E-state index contributed by atoms with van der Waals surface area (Å²) in [5.41, 5.74) is 0. The minimum Gasteiger partial charge on any atom is -0.489 e. The van der Waals surface area contributed by atoms with Crippen molar-refractivity contribution < 1.29 is 4.74 Å². The van der Waals surface area contributed by atoms with E-state index in [1.165, 1.54) is 12.8 Å². The first kappa shape index (κ1) is 16.6. The van der Waals surface area contributed by atoms with E-state index in [0.29, 0.717) is 28.4 Å². The molecule has 1 atom stereocenters. The monoisotopic (exact) mass is 303 g/mol. The third-order valence-corrected chi connectivity index (χ3v) is 3.53. The molecule has 0 aliphatic heterocycles. The fourth-order valence-electron chi connectivity index (χ4n) is 1.76. The van der Waals surface area contributed by atoms with Crippen molar-refractivity contribution in [2.45, 2.75) is 39.7 Å². The molecule has 4 heteroatoms. The SMILES string of the molecule is CC(C)CCC(C)NCCOc1c(Cl)cccc1Cl. The van der Waals surface area contributed by atoms with Gasteiger partial charge in [-0.3, -0.25) is 0 Å². The van der Waals surface area contributed by atoms with Gasteiger partial charge in [-0.15, -0.1) is 0 Å². The van der Waals surface area contributed by atoms with Gasteiger partial charge in [-0.1, -0.05) is 43.1 Å². The van der Waals surface area contributed by atoms with Crippen LogP contribution in [0.4, 0.5) is 0 Å². The Morgan fingerprint density at radius 1 is 1.11 bits per heavy atom. The molecule has 0 bridgehead atoms. The van der Waals surface area contributed by atoms with Crippen LogP contribution in [0.25, 0.3) is 0 Å². The molecule has 19 heavy (non-hydrogen) atoms. The molecule has 1 aromatic carbocycles. The standard InChI is InChI=1S/C15H23Cl2NO/c1-11(2)7-8-12(3)18-9-10-19-15-13(16)5-4-6-14(15)17/h4-6,11-12,18H,7-10H2,1-3H3. The van der Waals surface area contributed by atoms with Crippen LogP contribution in [-0.2, 0) is 0 Å². The van der Waals surface area contributed by atoms with E-state index < -0.39 is 0 Å². The van der Waals surface area contributed by atoms with Gasteiger partial charge in [0.05, 0.1) is 10.0 Å². The Morgan fingerprint density at radius 3 is 2.32 bits per heavy atom. The van der Waals surface area contributed by atoms with Crippen LogP contribution in [0.2, 0.25) is 10.0 Å². The molecule has 1 unspecified atom stereocenters. The first-order valence-corrected chi connectivity index (χ1v) is 7.56. The molecular formula is C15H23Cl2NO. The molecule has 1 N–H and O–H groups in total. The van der Waals surface area contributed by atoms with Crippen LogP contribution in [0.3, 0.4) is 0 Å². The van der Waals surface area contributed by atoms with Gasteiger partial charge in [0.2, 0.25) is 0 Å². The summed E-state index contributed by atoms with van der Waals surface area (Å²) in [5.74, 6) is 1.32. The molecule has 0 saturated carbocycles. The first-order valence-electron chi connectivity index (χ1n) is 6.81. The van der Waals surface area contributed by atoms with Crippen molar-refractivity contribution in [3.8, 4) is 5.75 Å². The zero-order valence-electron chi connectivity index (χ0n) is 11.9. The van der Waals surface area contributed by atoms with Crippen LogP contribution >= 0.6 is 23.2 Å². The van der Waals surface area contributed by atoms with Gasteiger partial charge < -0.3 is 10.1 Å². The molecule has 0 aromatic heterocycles. The van der Waals surface area contributed by atoms with E-state index in [0.717, 1.165) is 12.5 Å². The molecule has 0 aliphatic carbocycles. The summed E-state index contributed by atoms with van der Waals surface area (Å²) in [5, 5.41) is 4.55. The minimum atomic E-state index is 0.507. The lowest BCUT2D eigenvalue weighted by molar-refractivity contribution is 0.303. The summed E-state index contributed by atoms with van der Waals surface area (Å²) in [4.78, 5) is 0. The maximum Gasteiger partial charge on any atom is 0.156 e. The second kappa shape index (κ2) is 8.68. The lowest BCUT2D eigenvalue weighted by Crippen LogP contribution is -2.30. The van der Waals surface area contributed by atoms with E-state index >= 15 is 0 Å². The Hall–Kier alpha value is -0.440. The Balaban J connectivity index is 2.24. The van der Waals surface area contributed by atoms with E-state index in [1.54, 1.807) is 12.1 Å². The average Bonchev–Trinajstić information content (AvgIpc) is 2.35. The third kappa shape index (κ3) is 6.51. The number of para-hydroxylation sites is 1. The summed E-state index contributed by atoms with van der Waals surface area (Å²) in [7, 11) is 0. The van der Waals surface area contributed by atoms with Crippen molar-refractivity contribution >= 4 is 23.2 Å². The Labute approximate surface area is 126 Å². The van der Waals surface area contributed by atoms with Gasteiger partial charge in [0.25, 0.3) is 0 Å². The molecule has 0 amide bonds. The number of nitrogens with one attached hydrogen (secondary N) is 1. The highest BCUT2D eigenvalue weighted by molar-refractivity contribution is 6.37. The lowest BCUT2D eigenvalue weighted by Gasteiger charge is -2.16. The molecule has 108 valence electrons. The molecule has 1 rings (SSSR count). The Morgan fingerprint density at radius 2 is 1.74 bits per heavy atom. The topological polar surface area (TPSA) is 21.3 Å². The van der Waals surface area contributed by atoms with Gasteiger partial charge in [0, 0.05) is 12.6 Å². The quantitative estimate of drug-likeness (QED) is 0.697. The number of hydrogen-bond donors (Lipinski definition) is 1. The largest absolute Gasteiger partial charge is 0.489 e. The fraction of sp³-hybridized carbons (Fsp3) is 0.600. The predicted octanol–water partition coefficient (Wildman–Crippen LogP) is 4.79. The second-order valence-electron chi connectivity index (χ2n) is 5.23. The molecule has 1 aromatic rings. The summed E-state index contributed by atoms with van der Waals surface area (Å²) in [6.07, 6.45) is 2.43. The fourth-order valence-corrected chi connectivity index (χ4v) is 2.27. The van der Waals surface area contributed by atoms with Gasteiger partial charge in [-0.05, 0) is 37.8 Å². The van der Waals surface area contributed by atoms with Crippen LogP contribution in [0.5, 0.6) is 5.75 Å². The van der Waals surface area contributed by atoms with E-state index in [2.05, 4.69) is 26.1 Å². The van der Waals surface area contributed by atoms with Crippen molar-refractivity contribution in [3.05, 3.63) is 28.2 Å². The summed E-state index contributed by atoms with van der Waals surface area (Å²) in [6, 6.07) is 5.87. The molecule has 0 heterocycles. The Kier molecular flexibility index (Phi) is 7.59. The Bertz CT molecular complexity index is 362. The molecule has 0 fully saturated rings. The maximum atomic E-state index is 6.03. The maximum absolute atomic E-state index is 6.03. The summed E-state index contributed by atoms with van der Waals surface area (Å²) < 4.78 is 5.62. The van der Waals surface area contributed by atoms with Crippen LogP contribution in [0.15, 0.2) is 18.2 Å². The number of rotatable bonds is 8. The zero-order chi connectivity index (χ0) is 14.3. The highest BCUT2D eigenvalue weighted by Crippen LogP contribution is 2.32. The molecular weight excluding hydrogens is 281 g/mol. The second-order valence-corrected chi connectivity index (χ2v) is 6.04. The molecule has 0 spiro atoms. The highest BCUT2D eigenvalue weighted by Gasteiger charge is 2.07. The van der Waals surface area contributed by atoms with Gasteiger partial charge in [-0.2, -0.15) is 0 Å². The molecule has 0 radical (unpaired) electrons. The van der Waals surface area contributed by atoms with Crippen molar-refractivity contribution in [1.82, 2.24) is 5.32 Å². The zero-order valence-corrected chi connectivity index (χ0v) is 13.4. The van der Waals surface area contributed by atoms with E-state index in [1.807, 2.05) is 6.07 Å². The van der Waals surface area contributed by atoms with E-state index in [4.69, 9.17) is 27.9 Å². The molecule has 2 nitrogen and oxygen atoms in total. The minimum absolute atomic E-state index is 0.507. The van der Waals surface area contributed by atoms with Crippen LogP contribution in [-0.4, -0.2) is 19.2 Å². The smallest absolute Gasteiger partial charge is 0.156 e. The average molecular weight is 304 g/mol. The number of benzene rings is 1. The number of hydrogen-bond acceptors (Lipinski definition) is 2. The van der Waals surface area contributed by atoms with Crippen molar-refractivity contribution in [2.75, 3.05) is 13.2 Å². The predicted molar refractivity (Wildman–Crippen MR) is 83.5 cm³/mol. The first-order chi connectivity index (χ1) is 9.00. The van der Waals surface area contributed by atoms with Gasteiger partial charge in [0.1, 0.15) is 6.61 Å². The molecule has 0 aliphatic rings. The van der Waals surface area contributed by atoms with Gasteiger partial charge in [-0.25, -0.2) is 0 Å². The van der Waals surface area contributed by atoms with Crippen LogP contribution < -0.4 is 10.1 Å².